The average molecular weight is 319 g/mol. The lowest BCUT2D eigenvalue weighted by molar-refractivity contribution is 0.208. The van der Waals surface area contributed by atoms with Crippen LogP contribution in [-0.2, 0) is 6.54 Å². The van der Waals surface area contributed by atoms with Crippen LogP contribution < -0.4 is 10.9 Å². The van der Waals surface area contributed by atoms with Crippen molar-refractivity contribution in [1.82, 2.24) is 14.9 Å². The standard InChI is InChI=1S/C16H19ClN4O/c17-14-9-18-16(20-15(14)22)19-13-7-4-8-21(11-13)10-12-5-2-1-3-6-12/h1-3,5-6,9,13H,4,7-8,10-11H2,(H2,18,19,20,22)/t13-/m0/s1. The van der Waals surface area contributed by atoms with Crippen LogP contribution in [0, 0.1) is 0 Å². The lowest BCUT2D eigenvalue weighted by Gasteiger charge is -2.33. The number of likely N-dealkylation sites (tertiary alicyclic amines) is 1. The van der Waals surface area contributed by atoms with Crippen LogP contribution in [0.25, 0.3) is 0 Å². The number of halogens is 1. The Labute approximate surface area is 134 Å². The molecule has 0 spiro atoms. The molecule has 3 rings (SSSR count). The monoisotopic (exact) mass is 318 g/mol. The third-order valence-corrected chi connectivity index (χ3v) is 4.12. The van der Waals surface area contributed by atoms with Crippen LogP contribution in [0.3, 0.4) is 0 Å². The Morgan fingerprint density at radius 2 is 2.18 bits per heavy atom. The smallest absolute Gasteiger partial charge is 0.271 e. The number of anilines is 1. The Balaban J connectivity index is 1.60. The van der Waals surface area contributed by atoms with Gasteiger partial charge in [-0.3, -0.25) is 14.7 Å². The zero-order valence-corrected chi connectivity index (χ0v) is 13.0. The first-order valence-electron chi connectivity index (χ1n) is 7.48. The molecule has 116 valence electrons. The van der Waals surface area contributed by atoms with E-state index in [2.05, 4.69) is 44.5 Å². The van der Waals surface area contributed by atoms with Crippen molar-refractivity contribution < 1.29 is 0 Å². The maximum absolute atomic E-state index is 11.5. The van der Waals surface area contributed by atoms with E-state index in [1.165, 1.54) is 11.8 Å². The molecule has 0 amide bonds. The number of aromatic amines is 1. The van der Waals surface area contributed by atoms with Gasteiger partial charge in [0, 0.05) is 19.1 Å². The molecule has 1 atom stereocenters. The number of rotatable bonds is 4. The van der Waals surface area contributed by atoms with Crippen molar-refractivity contribution in [3.8, 4) is 0 Å². The summed E-state index contributed by atoms with van der Waals surface area (Å²) in [6.07, 6.45) is 3.58. The summed E-state index contributed by atoms with van der Waals surface area (Å²) in [6.45, 7) is 2.97. The second-order valence-electron chi connectivity index (χ2n) is 5.61. The first-order chi connectivity index (χ1) is 10.7. The summed E-state index contributed by atoms with van der Waals surface area (Å²) in [6, 6.07) is 10.7. The Bertz CT molecular complexity index is 673. The number of piperidine rings is 1. The SMILES string of the molecule is O=c1[nH]c(N[C@H]2CCCN(Cc3ccccc3)C2)ncc1Cl. The van der Waals surface area contributed by atoms with Crippen molar-refractivity contribution in [3.05, 3.63) is 57.5 Å². The summed E-state index contributed by atoms with van der Waals surface area (Å²) in [7, 11) is 0. The minimum Gasteiger partial charge on any atom is -0.352 e. The molecule has 0 saturated carbocycles. The van der Waals surface area contributed by atoms with Crippen LogP contribution >= 0.6 is 11.6 Å². The highest BCUT2D eigenvalue weighted by Gasteiger charge is 2.20. The minimum atomic E-state index is -0.309. The van der Waals surface area contributed by atoms with Crippen molar-refractivity contribution in [2.75, 3.05) is 18.4 Å². The van der Waals surface area contributed by atoms with Crippen molar-refractivity contribution >= 4 is 17.5 Å². The van der Waals surface area contributed by atoms with E-state index in [1.807, 2.05) is 6.07 Å². The Kier molecular flexibility index (Phi) is 4.75. The topological polar surface area (TPSA) is 61.0 Å². The molecule has 2 aromatic rings. The molecule has 1 aromatic carbocycles. The highest BCUT2D eigenvalue weighted by Crippen LogP contribution is 2.16. The van der Waals surface area contributed by atoms with Crippen LogP contribution in [-0.4, -0.2) is 34.0 Å². The highest BCUT2D eigenvalue weighted by molar-refractivity contribution is 6.30. The van der Waals surface area contributed by atoms with Crippen molar-refractivity contribution in [2.24, 2.45) is 0 Å². The number of aromatic nitrogens is 2. The summed E-state index contributed by atoms with van der Waals surface area (Å²) < 4.78 is 0. The van der Waals surface area contributed by atoms with E-state index in [-0.39, 0.29) is 16.6 Å². The molecule has 1 saturated heterocycles. The average Bonchev–Trinajstić information content (AvgIpc) is 2.52. The second kappa shape index (κ2) is 6.94. The molecule has 1 aromatic heterocycles. The van der Waals surface area contributed by atoms with E-state index in [0.29, 0.717) is 5.95 Å². The van der Waals surface area contributed by atoms with Gasteiger partial charge in [0.25, 0.3) is 5.56 Å². The van der Waals surface area contributed by atoms with E-state index in [0.717, 1.165) is 32.5 Å². The first kappa shape index (κ1) is 15.1. The molecule has 0 bridgehead atoms. The van der Waals surface area contributed by atoms with Gasteiger partial charge < -0.3 is 5.32 Å². The van der Waals surface area contributed by atoms with Gasteiger partial charge in [-0.05, 0) is 24.9 Å². The lowest BCUT2D eigenvalue weighted by atomic mass is 10.0. The molecular weight excluding hydrogens is 300 g/mol. The molecular formula is C16H19ClN4O. The molecule has 2 N–H and O–H groups in total. The maximum Gasteiger partial charge on any atom is 0.271 e. The predicted octanol–water partition coefficient (Wildman–Crippen LogP) is 2.50. The molecule has 1 aliphatic heterocycles. The van der Waals surface area contributed by atoms with E-state index < -0.39 is 0 Å². The molecule has 0 aliphatic carbocycles. The Hall–Kier alpha value is -1.85. The zero-order chi connectivity index (χ0) is 15.4. The fourth-order valence-corrected chi connectivity index (χ4v) is 2.90. The molecule has 5 nitrogen and oxygen atoms in total. The largest absolute Gasteiger partial charge is 0.352 e. The van der Waals surface area contributed by atoms with E-state index >= 15 is 0 Å². The van der Waals surface area contributed by atoms with Gasteiger partial charge in [0.1, 0.15) is 5.02 Å². The fourth-order valence-electron chi connectivity index (χ4n) is 2.80. The summed E-state index contributed by atoms with van der Waals surface area (Å²) in [4.78, 5) is 20.7. The van der Waals surface area contributed by atoms with Crippen LogP contribution in [0.4, 0.5) is 5.95 Å². The molecule has 1 fully saturated rings. The van der Waals surface area contributed by atoms with Gasteiger partial charge in [-0.25, -0.2) is 4.98 Å². The van der Waals surface area contributed by atoms with Crippen LogP contribution in [0.15, 0.2) is 41.3 Å². The third kappa shape index (κ3) is 3.87. The van der Waals surface area contributed by atoms with Crippen LogP contribution in [0.2, 0.25) is 5.02 Å². The highest BCUT2D eigenvalue weighted by atomic mass is 35.5. The van der Waals surface area contributed by atoms with Crippen molar-refractivity contribution in [1.29, 1.82) is 0 Å². The zero-order valence-electron chi connectivity index (χ0n) is 12.3. The van der Waals surface area contributed by atoms with Gasteiger partial charge >= 0.3 is 0 Å². The Morgan fingerprint density at radius 1 is 1.36 bits per heavy atom. The Morgan fingerprint density at radius 3 is 2.95 bits per heavy atom. The fraction of sp³-hybridized carbons (Fsp3) is 0.375. The number of nitrogens with zero attached hydrogens (tertiary/aromatic N) is 2. The normalized spacial score (nSPS) is 19.0. The molecule has 0 radical (unpaired) electrons. The first-order valence-corrected chi connectivity index (χ1v) is 7.86. The number of H-pyrrole nitrogens is 1. The third-order valence-electron chi connectivity index (χ3n) is 3.85. The summed E-state index contributed by atoms with van der Waals surface area (Å²) in [5.74, 6) is 0.487. The molecule has 22 heavy (non-hydrogen) atoms. The maximum atomic E-state index is 11.5. The molecule has 6 heteroatoms. The van der Waals surface area contributed by atoms with Gasteiger partial charge in [0.05, 0.1) is 6.20 Å². The molecule has 1 aliphatic rings. The lowest BCUT2D eigenvalue weighted by Crippen LogP contribution is -2.42. The number of benzene rings is 1. The second-order valence-corrected chi connectivity index (χ2v) is 6.02. The van der Waals surface area contributed by atoms with Gasteiger partial charge in [-0.1, -0.05) is 41.9 Å². The number of hydrogen-bond donors (Lipinski definition) is 2. The quantitative estimate of drug-likeness (QED) is 0.909. The van der Waals surface area contributed by atoms with Gasteiger partial charge in [-0.2, -0.15) is 0 Å². The van der Waals surface area contributed by atoms with Gasteiger partial charge in [0.2, 0.25) is 5.95 Å². The van der Waals surface area contributed by atoms with E-state index in [1.54, 1.807) is 0 Å². The van der Waals surface area contributed by atoms with Crippen LogP contribution in [0.5, 0.6) is 0 Å². The van der Waals surface area contributed by atoms with Gasteiger partial charge in [-0.15, -0.1) is 0 Å². The summed E-state index contributed by atoms with van der Waals surface area (Å²) >= 11 is 5.69. The van der Waals surface area contributed by atoms with E-state index in [4.69, 9.17) is 11.6 Å². The summed E-state index contributed by atoms with van der Waals surface area (Å²) in [5.41, 5.74) is 1.01. The van der Waals surface area contributed by atoms with Gasteiger partial charge in [0.15, 0.2) is 0 Å². The number of nitrogens with one attached hydrogen (secondary N) is 2. The van der Waals surface area contributed by atoms with Crippen molar-refractivity contribution in [3.63, 3.8) is 0 Å². The minimum absolute atomic E-state index is 0.111. The molecule has 0 unspecified atom stereocenters. The van der Waals surface area contributed by atoms with E-state index in [9.17, 15) is 4.79 Å². The van der Waals surface area contributed by atoms with Crippen LogP contribution in [0.1, 0.15) is 18.4 Å². The predicted molar refractivity (Wildman–Crippen MR) is 88.2 cm³/mol. The molecule has 2 heterocycles. The summed E-state index contributed by atoms with van der Waals surface area (Å²) in [5, 5.41) is 3.41. The van der Waals surface area contributed by atoms with Crippen molar-refractivity contribution in [2.45, 2.75) is 25.4 Å². The number of hydrogen-bond acceptors (Lipinski definition) is 4.